The maximum absolute atomic E-state index is 10.9. The standard InChI is InChI=1S/C6H7NO2S.C2H6/c8-5-3-1-10-2-4(3)6(9)7-5;1-2/h3-4H,1-2H2,(H,7,8,9);1-2H3. The first-order valence-corrected chi connectivity index (χ1v) is 5.37. The summed E-state index contributed by atoms with van der Waals surface area (Å²) in [5.74, 6) is 1.47. The van der Waals surface area contributed by atoms with E-state index in [0.29, 0.717) is 0 Å². The van der Waals surface area contributed by atoms with Crippen molar-refractivity contribution in [3.63, 3.8) is 0 Å². The smallest absolute Gasteiger partial charge is 0.231 e. The average Bonchev–Trinajstić information content (AvgIpc) is 2.62. The molecule has 0 aromatic heterocycles. The van der Waals surface area contributed by atoms with Gasteiger partial charge in [0.2, 0.25) is 11.8 Å². The minimum absolute atomic E-state index is 0.0162. The molecule has 2 unspecified atom stereocenters. The minimum atomic E-state index is -0.0694. The molecule has 0 radical (unpaired) electrons. The second-order valence-electron chi connectivity index (χ2n) is 2.60. The van der Waals surface area contributed by atoms with E-state index in [4.69, 9.17) is 0 Å². The molecule has 0 saturated carbocycles. The predicted molar refractivity (Wildman–Crippen MR) is 48.8 cm³/mol. The Bertz CT molecular complexity index is 185. The molecular weight excluding hydrogens is 174 g/mol. The number of carbonyl (C=O) groups excluding carboxylic acids is 2. The van der Waals surface area contributed by atoms with Crippen molar-refractivity contribution in [2.75, 3.05) is 11.5 Å². The lowest BCUT2D eigenvalue weighted by molar-refractivity contribution is -0.126. The lowest BCUT2D eigenvalue weighted by Crippen LogP contribution is -2.23. The van der Waals surface area contributed by atoms with E-state index in [0.717, 1.165) is 11.5 Å². The van der Waals surface area contributed by atoms with E-state index in [1.807, 2.05) is 13.8 Å². The van der Waals surface area contributed by atoms with Crippen LogP contribution in [-0.4, -0.2) is 23.3 Å². The van der Waals surface area contributed by atoms with Gasteiger partial charge in [-0.3, -0.25) is 14.9 Å². The highest BCUT2D eigenvalue weighted by atomic mass is 32.2. The third-order valence-electron chi connectivity index (χ3n) is 2.00. The summed E-state index contributed by atoms with van der Waals surface area (Å²) in [5.41, 5.74) is 0. The normalized spacial score (nSPS) is 32.2. The van der Waals surface area contributed by atoms with Gasteiger partial charge in [-0.25, -0.2) is 0 Å². The first-order valence-electron chi connectivity index (χ1n) is 4.21. The van der Waals surface area contributed by atoms with Gasteiger partial charge in [0.1, 0.15) is 0 Å². The molecule has 3 nitrogen and oxygen atoms in total. The van der Waals surface area contributed by atoms with Gasteiger partial charge in [0.05, 0.1) is 11.8 Å². The van der Waals surface area contributed by atoms with Crippen LogP contribution in [0.5, 0.6) is 0 Å². The quantitative estimate of drug-likeness (QED) is 0.566. The zero-order chi connectivity index (χ0) is 9.14. The summed E-state index contributed by atoms with van der Waals surface area (Å²) in [5, 5.41) is 2.33. The maximum atomic E-state index is 10.9. The molecule has 12 heavy (non-hydrogen) atoms. The molecule has 1 N–H and O–H groups in total. The number of thioether (sulfide) groups is 1. The van der Waals surface area contributed by atoms with Crippen LogP contribution in [0.15, 0.2) is 0 Å². The van der Waals surface area contributed by atoms with Crippen molar-refractivity contribution in [2.24, 2.45) is 11.8 Å². The third-order valence-corrected chi connectivity index (χ3v) is 3.19. The molecule has 0 spiro atoms. The van der Waals surface area contributed by atoms with Crippen molar-refractivity contribution in [1.82, 2.24) is 5.32 Å². The number of hydrogen-bond acceptors (Lipinski definition) is 3. The molecule has 0 aromatic rings. The van der Waals surface area contributed by atoms with E-state index in [9.17, 15) is 9.59 Å². The summed E-state index contributed by atoms with van der Waals surface area (Å²) in [6, 6.07) is 0. The summed E-state index contributed by atoms with van der Waals surface area (Å²) in [6.07, 6.45) is 0. The molecule has 0 aliphatic carbocycles. The molecule has 2 amide bonds. The molecule has 0 aromatic carbocycles. The van der Waals surface area contributed by atoms with Crippen LogP contribution in [0, 0.1) is 11.8 Å². The van der Waals surface area contributed by atoms with Crippen LogP contribution in [0.3, 0.4) is 0 Å². The van der Waals surface area contributed by atoms with Gasteiger partial charge in [-0.2, -0.15) is 11.8 Å². The van der Waals surface area contributed by atoms with Gasteiger partial charge in [-0.1, -0.05) is 13.8 Å². The number of amides is 2. The van der Waals surface area contributed by atoms with Crippen LogP contribution in [0.2, 0.25) is 0 Å². The average molecular weight is 187 g/mol. The van der Waals surface area contributed by atoms with Crippen LogP contribution in [0.1, 0.15) is 13.8 Å². The Morgan fingerprint density at radius 3 is 2.00 bits per heavy atom. The topological polar surface area (TPSA) is 46.2 Å². The number of rotatable bonds is 0. The Morgan fingerprint density at radius 2 is 1.58 bits per heavy atom. The summed E-state index contributed by atoms with van der Waals surface area (Å²) in [4.78, 5) is 21.8. The Balaban J connectivity index is 0.000000336. The minimum Gasteiger partial charge on any atom is -0.296 e. The van der Waals surface area contributed by atoms with Crippen LogP contribution in [0.4, 0.5) is 0 Å². The zero-order valence-corrected chi connectivity index (χ0v) is 8.11. The third kappa shape index (κ3) is 1.48. The van der Waals surface area contributed by atoms with Crippen molar-refractivity contribution in [3.8, 4) is 0 Å². The molecule has 0 bridgehead atoms. The van der Waals surface area contributed by atoms with Gasteiger partial charge in [0.25, 0.3) is 0 Å². The fourth-order valence-electron chi connectivity index (χ4n) is 1.38. The van der Waals surface area contributed by atoms with E-state index in [1.54, 1.807) is 11.8 Å². The predicted octanol–water partition coefficient (Wildman–Crippen LogP) is 0.648. The van der Waals surface area contributed by atoms with Crippen molar-refractivity contribution < 1.29 is 9.59 Å². The van der Waals surface area contributed by atoms with Crippen LogP contribution >= 0.6 is 11.8 Å². The van der Waals surface area contributed by atoms with Gasteiger partial charge >= 0.3 is 0 Å². The second-order valence-corrected chi connectivity index (χ2v) is 3.68. The fourth-order valence-corrected chi connectivity index (χ4v) is 2.79. The first kappa shape index (κ1) is 9.58. The zero-order valence-electron chi connectivity index (χ0n) is 7.29. The summed E-state index contributed by atoms with van der Waals surface area (Å²) in [6.45, 7) is 4.00. The maximum Gasteiger partial charge on any atom is 0.231 e. The van der Waals surface area contributed by atoms with E-state index in [-0.39, 0.29) is 23.7 Å². The highest BCUT2D eigenvalue weighted by Crippen LogP contribution is 2.33. The summed E-state index contributed by atoms with van der Waals surface area (Å²) < 4.78 is 0. The van der Waals surface area contributed by atoms with Crippen LogP contribution in [0.25, 0.3) is 0 Å². The number of hydrogen-bond donors (Lipinski definition) is 1. The monoisotopic (exact) mass is 187 g/mol. The molecule has 2 saturated heterocycles. The molecule has 2 atom stereocenters. The van der Waals surface area contributed by atoms with Crippen LogP contribution in [-0.2, 0) is 9.59 Å². The van der Waals surface area contributed by atoms with Gasteiger partial charge in [-0.15, -0.1) is 0 Å². The highest BCUT2D eigenvalue weighted by molar-refractivity contribution is 7.99. The van der Waals surface area contributed by atoms with E-state index < -0.39 is 0 Å². The number of fused-ring (bicyclic) bond motifs is 1. The molecule has 68 valence electrons. The molecule has 2 aliphatic heterocycles. The number of imide groups is 1. The molecule has 2 heterocycles. The Kier molecular flexibility index (Phi) is 3.14. The second kappa shape index (κ2) is 3.94. The van der Waals surface area contributed by atoms with Gasteiger partial charge in [0, 0.05) is 11.5 Å². The summed E-state index contributed by atoms with van der Waals surface area (Å²) in [7, 11) is 0. The van der Waals surface area contributed by atoms with Crippen molar-refractivity contribution >= 4 is 23.6 Å². The fraction of sp³-hybridized carbons (Fsp3) is 0.750. The van der Waals surface area contributed by atoms with Crippen molar-refractivity contribution in [3.05, 3.63) is 0 Å². The number of nitrogens with one attached hydrogen (secondary N) is 1. The van der Waals surface area contributed by atoms with Gasteiger partial charge in [-0.05, 0) is 0 Å². The SMILES string of the molecule is CC.O=C1NC(=O)C2CSCC12. The largest absolute Gasteiger partial charge is 0.296 e. The molecule has 2 fully saturated rings. The van der Waals surface area contributed by atoms with Gasteiger partial charge in [0.15, 0.2) is 0 Å². The van der Waals surface area contributed by atoms with Gasteiger partial charge < -0.3 is 0 Å². The molecule has 4 heteroatoms. The first-order chi connectivity index (χ1) is 5.79. The van der Waals surface area contributed by atoms with Crippen LogP contribution < -0.4 is 5.32 Å². The Labute approximate surface area is 76.3 Å². The van der Waals surface area contributed by atoms with Crippen molar-refractivity contribution in [1.29, 1.82) is 0 Å². The Hall–Kier alpha value is -0.510. The number of carbonyl (C=O) groups is 2. The summed E-state index contributed by atoms with van der Waals surface area (Å²) >= 11 is 1.69. The molecular formula is C8H13NO2S. The van der Waals surface area contributed by atoms with E-state index in [1.165, 1.54) is 0 Å². The molecule has 2 aliphatic rings. The lowest BCUT2D eigenvalue weighted by Gasteiger charge is -1.97. The lowest BCUT2D eigenvalue weighted by atomic mass is 10.00. The Morgan fingerprint density at radius 1 is 1.17 bits per heavy atom. The van der Waals surface area contributed by atoms with E-state index in [2.05, 4.69) is 5.32 Å². The molecule has 2 rings (SSSR count). The van der Waals surface area contributed by atoms with Crippen molar-refractivity contribution in [2.45, 2.75) is 13.8 Å². The van der Waals surface area contributed by atoms with E-state index >= 15 is 0 Å². The highest BCUT2D eigenvalue weighted by Gasteiger charge is 2.44.